The molecular formula is C23H22F2N2O. The highest BCUT2D eigenvalue weighted by Gasteiger charge is 2.26. The van der Waals surface area contributed by atoms with Crippen molar-refractivity contribution in [3.63, 3.8) is 0 Å². The van der Waals surface area contributed by atoms with Crippen LogP contribution in [0.5, 0.6) is 0 Å². The Morgan fingerprint density at radius 1 is 1.07 bits per heavy atom. The van der Waals surface area contributed by atoms with Gasteiger partial charge in [0.2, 0.25) is 0 Å². The fourth-order valence-electron chi connectivity index (χ4n) is 4.09. The molecule has 1 aromatic heterocycles. The lowest BCUT2D eigenvalue weighted by Crippen LogP contribution is -2.20. The molecule has 144 valence electrons. The number of aromatic nitrogens is 1. The highest BCUT2D eigenvalue weighted by molar-refractivity contribution is 6.04. The first kappa shape index (κ1) is 18.4. The van der Waals surface area contributed by atoms with Gasteiger partial charge in [0, 0.05) is 16.9 Å². The molecule has 0 bridgehead atoms. The fourth-order valence-corrected chi connectivity index (χ4v) is 4.09. The van der Waals surface area contributed by atoms with E-state index in [0.29, 0.717) is 23.5 Å². The molecule has 1 amide bonds. The number of halogens is 2. The van der Waals surface area contributed by atoms with Gasteiger partial charge in [-0.2, -0.15) is 0 Å². The Balaban J connectivity index is 1.76. The Bertz CT molecular complexity index is 1040. The number of fused-ring (bicyclic) bond motifs is 1. The number of benzene rings is 2. The molecule has 1 heterocycles. The maximum atomic E-state index is 14.3. The number of carbonyl (C=O) groups is 1. The largest absolute Gasteiger partial charge is 0.336 e. The molecule has 5 heteroatoms. The Morgan fingerprint density at radius 2 is 1.86 bits per heavy atom. The molecule has 0 fully saturated rings. The Hall–Kier alpha value is -2.95. The van der Waals surface area contributed by atoms with Crippen LogP contribution in [0.4, 0.5) is 14.5 Å². The number of nitrogens with one attached hydrogen (secondary N) is 1. The second-order valence-electron chi connectivity index (χ2n) is 7.25. The zero-order chi connectivity index (χ0) is 19.7. The lowest BCUT2D eigenvalue weighted by molar-refractivity contribution is 0.101. The monoisotopic (exact) mass is 380 g/mol. The van der Waals surface area contributed by atoms with Crippen LogP contribution in [-0.2, 0) is 19.4 Å². The van der Waals surface area contributed by atoms with E-state index in [0.717, 1.165) is 36.9 Å². The van der Waals surface area contributed by atoms with E-state index in [4.69, 9.17) is 0 Å². The average Bonchev–Trinajstić information content (AvgIpc) is 2.96. The lowest BCUT2D eigenvalue weighted by Gasteiger charge is -2.17. The van der Waals surface area contributed by atoms with Gasteiger partial charge in [-0.05, 0) is 68.0 Å². The molecule has 0 aliphatic heterocycles. The van der Waals surface area contributed by atoms with Crippen molar-refractivity contribution in [1.29, 1.82) is 0 Å². The first-order valence-corrected chi connectivity index (χ1v) is 9.55. The van der Waals surface area contributed by atoms with Gasteiger partial charge in [0.1, 0.15) is 17.3 Å². The van der Waals surface area contributed by atoms with Crippen molar-refractivity contribution in [3.8, 4) is 0 Å². The summed E-state index contributed by atoms with van der Waals surface area (Å²) in [5, 5.41) is 2.80. The Labute approximate surface area is 163 Å². The molecule has 0 spiro atoms. The number of anilines is 1. The molecule has 0 unspecified atom stereocenters. The summed E-state index contributed by atoms with van der Waals surface area (Å²) in [6, 6.07) is 12.5. The molecule has 0 saturated carbocycles. The molecule has 28 heavy (non-hydrogen) atoms. The Kier molecular flexibility index (Phi) is 4.99. The number of hydrogen-bond donors (Lipinski definition) is 1. The van der Waals surface area contributed by atoms with E-state index in [1.54, 1.807) is 30.3 Å². The molecule has 0 saturated heterocycles. The molecule has 3 nitrogen and oxygen atoms in total. The van der Waals surface area contributed by atoms with Gasteiger partial charge >= 0.3 is 0 Å². The fraction of sp³-hybridized carbons (Fsp3) is 0.261. The molecule has 0 atom stereocenters. The van der Waals surface area contributed by atoms with Gasteiger partial charge in [0.05, 0.1) is 6.54 Å². The van der Waals surface area contributed by atoms with E-state index < -0.39 is 5.82 Å². The third-order valence-corrected chi connectivity index (χ3v) is 5.43. The van der Waals surface area contributed by atoms with E-state index in [1.807, 2.05) is 11.5 Å². The Morgan fingerprint density at radius 3 is 2.64 bits per heavy atom. The molecule has 0 radical (unpaired) electrons. The first-order chi connectivity index (χ1) is 13.5. The zero-order valence-corrected chi connectivity index (χ0v) is 15.8. The number of rotatable bonds is 4. The minimum Gasteiger partial charge on any atom is -0.336 e. The van der Waals surface area contributed by atoms with Crippen molar-refractivity contribution in [1.82, 2.24) is 4.57 Å². The third kappa shape index (κ3) is 3.44. The van der Waals surface area contributed by atoms with Crippen LogP contribution in [0.15, 0.2) is 48.5 Å². The number of amides is 1. The van der Waals surface area contributed by atoms with Crippen LogP contribution in [0.25, 0.3) is 0 Å². The van der Waals surface area contributed by atoms with E-state index in [2.05, 4.69) is 5.32 Å². The highest BCUT2D eigenvalue weighted by atomic mass is 19.1. The van der Waals surface area contributed by atoms with Crippen LogP contribution in [0.1, 0.15) is 45.7 Å². The van der Waals surface area contributed by atoms with Crippen molar-refractivity contribution in [2.75, 3.05) is 5.32 Å². The van der Waals surface area contributed by atoms with Crippen molar-refractivity contribution < 1.29 is 13.6 Å². The summed E-state index contributed by atoms with van der Waals surface area (Å²) in [5.41, 5.74) is 4.70. The van der Waals surface area contributed by atoms with E-state index in [9.17, 15) is 13.6 Å². The number of carbonyl (C=O) groups excluding carboxylic acids is 1. The zero-order valence-electron chi connectivity index (χ0n) is 15.8. The van der Waals surface area contributed by atoms with Crippen molar-refractivity contribution in [3.05, 3.63) is 88.2 Å². The maximum absolute atomic E-state index is 14.3. The first-order valence-electron chi connectivity index (χ1n) is 9.55. The van der Waals surface area contributed by atoms with Crippen LogP contribution >= 0.6 is 0 Å². The molecule has 1 N–H and O–H groups in total. The average molecular weight is 380 g/mol. The standard InChI is InChI=1S/C23H22F2N2O/c1-15-19-10-3-5-12-21(19)27(14-16-7-2-4-11-20(16)25)22(15)23(28)26-18-9-6-8-17(24)13-18/h2,4,6-9,11,13H,3,5,10,12,14H2,1H3,(H,26,28). The second-order valence-corrected chi connectivity index (χ2v) is 7.25. The van der Waals surface area contributed by atoms with E-state index in [-0.39, 0.29) is 11.7 Å². The molecular weight excluding hydrogens is 358 g/mol. The molecule has 1 aliphatic rings. The molecule has 3 aromatic rings. The minimum absolute atomic E-state index is 0.282. The summed E-state index contributed by atoms with van der Waals surface area (Å²) < 4.78 is 29.7. The van der Waals surface area contributed by atoms with Crippen molar-refractivity contribution >= 4 is 11.6 Å². The highest BCUT2D eigenvalue weighted by Crippen LogP contribution is 2.31. The van der Waals surface area contributed by atoms with E-state index in [1.165, 1.54) is 23.8 Å². The van der Waals surface area contributed by atoms with Crippen molar-refractivity contribution in [2.45, 2.75) is 39.2 Å². The summed E-state index contributed by atoms with van der Waals surface area (Å²) in [6.45, 7) is 2.25. The van der Waals surface area contributed by atoms with Crippen LogP contribution in [0.3, 0.4) is 0 Å². The van der Waals surface area contributed by atoms with E-state index >= 15 is 0 Å². The molecule has 4 rings (SSSR count). The summed E-state index contributed by atoms with van der Waals surface area (Å²) in [7, 11) is 0. The lowest BCUT2D eigenvalue weighted by atomic mass is 9.95. The van der Waals surface area contributed by atoms with Gasteiger partial charge in [-0.1, -0.05) is 24.3 Å². The smallest absolute Gasteiger partial charge is 0.272 e. The topological polar surface area (TPSA) is 34.0 Å². The predicted molar refractivity (Wildman–Crippen MR) is 106 cm³/mol. The summed E-state index contributed by atoms with van der Waals surface area (Å²) >= 11 is 0. The van der Waals surface area contributed by atoms with Crippen LogP contribution in [0, 0.1) is 18.6 Å². The molecule has 2 aromatic carbocycles. The SMILES string of the molecule is Cc1c2c(n(Cc3ccccc3F)c1C(=O)Nc1cccc(F)c1)CCCC2. The van der Waals surface area contributed by atoms with Gasteiger partial charge in [-0.25, -0.2) is 8.78 Å². The quantitative estimate of drug-likeness (QED) is 0.659. The number of nitrogens with zero attached hydrogens (tertiary/aromatic N) is 1. The maximum Gasteiger partial charge on any atom is 0.272 e. The summed E-state index contributed by atoms with van der Waals surface area (Å²) in [5.74, 6) is -0.987. The third-order valence-electron chi connectivity index (χ3n) is 5.43. The van der Waals surface area contributed by atoms with Crippen LogP contribution in [-0.4, -0.2) is 10.5 Å². The number of hydrogen-bond acceptors (Lipinski definition) is 1. The second kappa shape index (κ2) is 7.58. The van der Waals surface area contributed by atoms with Crippen LogP contribution in [0.2, 0.25) is 0 Å². The summed E-state index contributed by atoms with van der Waals surface area (Å²) in [6.07, 6.45) is 3.94. The van der Waals surface area contributed by atoms with Gasteiger partial charge in [-0.15, -0.1) is 0 Å². The van der Waals surface area contributed by atoms with Crippen LogP contribution < -0.4 is 5.32 Å². The normalized spacial score (nSPS) is 13.2. The predicted octanol–water partition coefficient (Wildman–Crippen LogP) is 5.25. The minimum atomic E-state index is -0.407. The van der Waals surface area contributed by atoms with Gasteiger partial charge < -0.3 is 9.88 Å². The van der Waals surface area contributed by atoms with Crippen molar-refractivity contribution in [2.24, 2.45) is 0 Å². The van der Waals surface area contributed by atoms with Gasteiger partial charge in [0.25, 0.3) is 5.91 Å². The summed E-state index contributed by atoms with van der Waals surface area (Å²) in [4.78, 5) is 13.1. The van der Waals surface area contributed by atoms with Gasteiger partial charge in [0.15, 0.2) is 0 Å². The van der Waals surface area contributed by atoms with Gasteiger partial charge in [-0.3, -0.25) is 4.79 Å². The molecule has 1 aliphatic carbocycles.